The molecule has 1 aromatic heterocycles. The summed E-state index contributed by atoms with van der Waals surface area (Å²) in [6, 6.07) is 10.8. The Kier molecular flexibility index (Phi) is 5.21. The molecular weight excluding hydrogens is 344 g/mol. The lowest BCUT2D eigenvalue weighted by Gasteiger charge is -2.28. The summed E-state index contributed by atoms with van der Waals surface area (Å²) in [7, 11) is 1.76. The van der Waals surface area contributed by atoms with Gasteiger partial charge in [-0.05, 0) is 35.9 Å². The fraction of sp³-hybridized carbons (Fsp3) is 0.333. The van der Waals surface area contributed by atoms with E-state index in [0.717, 1.165) is 12.0 Å². The first-order chi connectivity index (χ1) is 11.6. The molecule has 0 radical (unpaired) electrons. The highest BCUT2D eigenvalue weighted by molar-refractivity contribution is 7.12. The minimum Gasteiger partial charge on any atom is -0.340 e. The summed E-state index contributed by atoms with van der Waals surface area (Å²) in [4.78, 5) is 29.5. The highest BCUT2D eigenvalue weighted by Crippen LogP contribution is 2.24. The van der Waals surface area contributed by atoms with Crippen molar-refractivity contribution >= 4 is 34.8 Å². The van der Waals surface area contributed by atoms with Crippen LogP contribution in [0.4, 0.5) is 0 Å². The van der Waals surface area contributed by atoms with E-state index < -0.39 is 0 Å². The van der Waals surface area contributed by atoms with Crippen LogP contribution in [-0.4, -0.2) is 41.2 Å². The van der Waals surface area contributed by atoms with Crippen molar-refractivity contribution in [2.75, 3.05) is 13.6 Å². The predicted molar refractivity (Wildman–Crippen MR) is 96.3 cm³/mol. The summed E-state index contributed by atoms with van der Waals surface area (Å²) in [5.74, 6) is -0.0793. The normalized spacial score (nSPS) is 17.1. The van der Waals surface area contributed by atoms with Crippen LogP contribution in [0.3, 0.4) is 0 Å². The van der Waals surface area contributed by atoms with Crippen molar-refractivity contribution in [3.8, 4) is 0 Å². The number of halogens is 1. The molecule has 1 aliphatic rings. The first-order valence-corrected chi connectivity index (χ1v) is 9.16. The van der Waals surface area contributed by atoms with Crippen molar-refractivity contribution in [1.82, 2.24) is 9.80 Å². The maximum atomic E-state index is 12.8. The number of nitrogens with zero attached hydrogens (tertiary/aromatic N) is 2. The number of carbonyl (C=O) groups excluding carboxylic acids is 2. The lowest BCUT2D eigenvalue weighted by Crippen LogP contribution is -2.46. The number of hydrogen-bond donors (Lipinski definition) is 0. The van der Waals surface area contributed by atoms with Gasteiger partial charge in [0.2, 0.25) is 5.91 Å². The minimum absolute atomic E-state index is 0.0303. The third-order valence-electron chi connectivity index (χ3n) is 4.27. The molecule has 2 amide bonds. The lowest BCUT2D eigenvalue weighted by molar-refractivity contribution is -0.134. The van der Waals surface area contributed by atoms with E-state index in [1.807, 2.05) is 35.7 Å². The van der Waals surface area contributed by atoms with E-state index in [2.05, 4.69) is 0 Å². The van der Waals surface area contributed by atoms with E-state index in [9.17, 15) is 9.59 Å². The fourth-order valence-corrected chi connectivity index (χ4v) is 3.90. The van der Waals surface area contributed by atoms with E-state index >= 15 is 0 Å². The van der Waals surface area contributed by atoms with Crippen LogP contribution in [0.5, 0.6) is 0 Å². The Balaban J connectivity index is 1.71. The number of rotatable bonds is 4. The molecule has 1 fully saturated rings. The van der Waals surface area contributed by atoms with Gasteiger partial charge in [-0.3, -0.25) is 9.59 Å². The Morgan fingerprint density at radius 2 is 2.08 bits per heavy atom. The lowest BCUT2D eigenvalue weighted by atomic mass is 10.1. The topological polar surface area (TPSA) is 40.6 Å². The Bertz CT molecular complexity index is 732. The first-order valence-electron chi connectivity index (χ1n) is 7.91. The Morgan fingerprint density at radius 3 is 2.79 bits per heavy atom. The average molecular weight is 363 g/mol. The molecule has 4 nitrogen and oxygen atoms in total. The van der Waals surface area contributed by atoms with Gasteiger partial charge >= 0.3 is 0 Å². The van der Waals surface area contributed by atoms with Crippen LogP contribution >= 0.6 is 22.9 Å². The van der Waals surface area contributed by atoms with Crippen LogP contribution in [0.15, 0.2) is 41.8 Å². The van der Waals surface area contributed by atoms with Crippen molar-refractivity contribution in [1.29, 1.82) is 0 Å². The van der Waals surface area contributed by atoms with Crippen molar-refractivity contribution in [2.45, 2.75) is 25.4 Å². The molecule has 2 heterocycles. The summed E-state index contributed by atoms with van der Waals surface area (Å²) < 4.78 is 0. The van der Waals surface area contributed by atoms with Crippen molar-refractivity contribution in [2.24, 2.45) is 0 Å². The molecule has 1 aromatic carbocycles. The van der Waals surface area contributed by atoms with E-state index in [1.165, 1.54) is 11.3 Å². The molecule has 0 N–H and O–H groups in total. The molecule has 2 aromatic rings. The van der Waals surface area contributed by atoms with E-state index in [4.69, 9.17) is 11.6 Å². The molecule has 0 bridgehead atoms. The number of likely N-dealkylation sites (N-methyl/N-ethyl adjacent to an activating group) is 1. The zero-order chi connectivity index (χ0) is 17.1. The van der Waals surface area contributed by atoms with Gasteiger partial charge in [0, 0.05) is 25.2 Å². The number of likely N-dealkylation sites (tertiary alicyclic amines) is 1. The maximum Gasteiger partial charge on any atom is 0.264 e. The largest absolute Gasteiger partial charge is 0.340 e. The zero-order valence-corrected chi connectivity index (χ0v) is 15.0. The summed E-state index contributed by atoms with van der Waals surface area (Å²) in [5.41, 5.74) is 0.907. The van der Waals surface area contributed by atoms with E-state index in [1.54, 1.807) is 22.9 Å². The molecule has 1 aliphatic heterocycles. The van der Waals surface area contributed by atoms with Gasteiger partial charge in [0.05, 0.1) is 4.88 Å². The molecular formula is C18H19ClN2O2S. The SMILES string of the molecule is CN(Cc1ccccc1Cl)C(=O)C1CCCN1C(=O)c1cccs1. The number of benzene rings is 1. The number of hydrogen-bond acceptors (Lipinski definition) is 3. The van der Waals surface area contributed by atoms with Crippen LogP contribution in [0.2, 0.25) is 5.02 Å². The smallest absolute Gasteiger partial charge is 0.264 e. The average Bonchev–Trinajstić information content (AvgIpc) is 3.27. The third kappa shape index (κ3) is 3.47. The van der Waals surface area contributed by atoms with Crippen molar-refractivity contribution in [3.05, 3.63) is 57.2 Å². The van der Waals surface area contributed by atoms with E-state index in [0.29, 0.717) is 29.4 Å². The second-order valence-corrected chi connectivity index (χ2v) is 7.27. The molecule has 1 atom stereocenters. The van der Waals surface area contributed by atoms with Crippen LogP contribution in [0, 0.1) is 0 Å². The van der Waals surface area contributed by atoms with E-state index in [-0.39, 0.29) is 17.9 Å². The highest BCUT2D eigenvalue weighted by atomic mass is 35.5. The Hall–Kier alpha value is -1.85. The summed E-state index contributed by atoms with van der Waals surface area (Å²) >= 11 is 7.59. The van der Waals surface area contributed by atoms with Gasteiger partial charge in [-0.2, -0.15) is 0 Å². The zero-order valence-electron chi connectivity index (χ0n) is 13.4. The molecule has 0 saturated carbocycles. The molecule has 0 aliphatic carbocycles. The number of thiophene rings is 1. The second kappa shape index (κ2) is 7.36. The summed E-state index contributed by atoms with van der Waals surface area (Å²) in [6.07, 6.45) is 1.57. The molecule has 3 rings (SSSR count). The van der Waals surface area contributed by atoms with Crippen molar-refractivity contribution in [3.63, 3.8) is 0 Å². The first kappa shape index (κ1) is 17.0. The minimum atomic E-state index is -0.382. The highest BCUT2D eigenvalue weighted by Gasteiger charge is 2.36. The van der Waals surface area contributed by atoms with Gasteiger partial charge in [0.15, 0.2) is 0 Å². The van der Waals surface area contributed by atoms with Gasteiger partial charge in [0.25, 0.3) is 5.91 Å². The van der Waals surface area contributed by atoms with Gasteiger partial charge in [-0.25, -0.2) is 0 Å². The monoisotopic (exact) mass is 362 g/mol. The molecule has 6 heteroatoms. The van der Waals surface area contributed by atoms with Crippen molar-refractivity contribution < 1.29 is 9.59 Å². The Labute approximate surface area is 150 Å². The van der Waals surface area contributed by atoms with Crippen LogP contribution < -0.4 is 0 Å². The van der Waals surface area contributed by atoms with Crippen LogP contribution in [-0.2, 0) is 11.3 Å². The maximum absolute atomic E-state index is 12.8. The molecule has 126 valence electrons. The van der Waals surface area contributed by atoms with Crippen LogP contribution in [0.25, 0.3) is 0 Å². The van der Waals surface area contributed by atoms with Gasteiger partial charge in [-0.15, -0.1) is 11.3 Å². The van der Waals surface area contributed by atoms with Gasteiger partial charge in [-0.1, -0.05) is 35.9 Å². The number of amides is 2. The molecule has 0 spiro atoms. The van der Waals surface area contributed by atoms with Gasteiger partial charge < -0.3 is 9.80 Å². The summed E-state index contributed by atoms with van der Waals surface area (Å²) in [5, 5.41) is 2.53. The second-order valence-electron chi connectivity index (χ2n) is 5.92. The van der Waals surface area contributed by atoms with Crippen LogP contribution in [0.1, 0.15) is 28.1 Å². The predicted octanol–water partition coefficient (Wildman–Crippen LogP) is 3.66. The van der Waals surface area contributed by atoms with Gasteiger partial charge in [0.1, 0.15) is 6.04 Å². The number of carbonyl (C=O) groups is 2. The quantitative estimate of drug-likeness (QED) is 0.832. The molecule has 1 saturated heterocycles. The fourth-order valence-electron chi connectivity index (χ4n) is 3.02. The summed E-state index contributed by atoms with van der Waals surface area (Å²) in [6.45, 7) is 1.07. The molecule has 1 unspecified atom stereocenters. The standard InChI is InChI=1S/C18H19ClN2O2S/c1-20(12-13-6-2-3-7-14(13)19)17(22)15-8-4-10-21(15)18(23)16-9-5-11-24-16/h2-3,5-7,9,11,15H,4,8,10,12H2,1H3. The molecule has 24 heavy (non-hydrogen) atoms. The Morgan fingerprint density at radius 1 is 1.29 bits per heavy atom. The third-order valence-corrected chi connectivity index (χ3v) is 5.50.